The van der Waals surface area contributed by atoms with E-state index in [0.29, 0.717) is 60.5 Å². The van der Waals surface area contributed by atoms with E-state index in [1.807, 2.05) is 19.9 Å². The summed E-state index contributed by atoms with van der Waals surface area (Å²) in [7, 11) is 0. The highest BCUT2D eigenvalue weighted by atomic mass is 19.4. The van der Waals surface area contributed by atoms with Crippen molar-refractivity contribution < 1.29 is 27.2 Å². The smallest absolute Gasteiger partial charge is 0.335 e. The number of alkyl halides is 3. The van der Waals surface area contributed by atoms with Gasteiger partial charge in [-0.25, -0.2) is 29.0 Å². The standard InChI is InChI=1S/C25H25F4N9O2/c1-3-37(36-9-8-31-24(36)40)38-21(17-12-30-13-32-22(17)35-38)16-10-14(2)4-7-19(16)33-23(39)34-20-11-15(25(27,28)29)5-6-18(20)26/h4-7,10-13,21H,3,8-9H2,1-2H3,(H,31,40)(H,30,32,35)(H2,33,34,39). The van der Waals surface area contributed by atoms with E-state index in [-0.39, 0.29) is 6.03 Å². The number of fused-ring (bicyclic) bond motifs is 1. The summed E-state index contributed by atoms with van der Waals surface area (Å²) in [5.74, 6) is -0.534. The molecule has 3 aromatic rings. The molecular weight excluding hydrogens is 534 g/mol. The van der Waals surface area contributed by atoms with E-state index in [9.17, 15) is 27.2 Å². The predicted molar refractivity (Wildman–Crippen MR) is 137 cm³/mol. The molecule has 2 aliphatic rings. The van der Waals surface area contributed by atoms with E-state index in [2.05, 4.69) is 31.3 Å². The fraction of sp³-hybridized carbons (Fsp3) is 0.280. The quantitative estimate of drug-likeness (QED) is 0.329. The van der Waals surface area contributed by atoms with Crippen molar-refractivity contribution in [1.82, 2.24) is 30.5 Å². The van der Waals surface area contributed by atoms with Gasteiger partial charge in [-0.1, -0.05) is 17.7 Å². The summed E-state index contributed by atoms with van der Waals surface area (Å²) in [5.41, 5.74) is 3.84. The zero-order chi connectivity index (χ0) is 28.6. The second-order valence-electron chi connectivity index (χ2n) is 9.09. The van der Waals surface area contributed by atoms with E-state index in [1.165, 1.54) is 11.3 Å². The molecule has 4 N–H and O–H groups in total. The second kappa shape index (κ2) is 10.6. The van der Waals surface area contributed by atoms with Crippen molar-refractivity contribution in [2.45, 2.75) is 26.1 Å². The molecule has 1 aromatic heterocycles. The van der Waals surface area contributed by atoms with Crippen molar-refractivity contribution in [2.75, 3.05) is 35.7 Å². The van der Waals surface area contributed by atoms with Gasteiger partial charge in [-0.05, 0) is 38.1 Å². The van der Waals surface area contributed by atoms with Crippen molar-refractivity contribution >= 4 is 29.3 Å². The lowest BCUT2D eigenvalue weighted by Gasteiger charge is -2.39. The number of halogens is 4. The van der Waals surface area contributed by atoms with Gasteiger partial charge in [0.1, 0.15) is 24.0 Å². The van der Waals surface area contributed by atoms with E-state index < -0.39 is 35.3 Å². The normalized spacial score (nSPS) is 17.0. The van der Waals surface area contributed by atoms with Crippen LogP contribution in [0.1, 0.15) is 35.2 Å². The zero-order valence-corrected chi connectivity index (χ0v) is 21.4. The van der Waals surface area contributed by atoms with Crippen molar-refractivity contribution in [3.63, 3.8) is 0 Å². The summed E-state index contributed by atoms with van der Waals surface area (Å²) < 4.78 is 53.7. The lowest BCUT2D eigenvalue weighted by Crippen LogP contribution is -2.56. The molecule has 1 fully saturated rings. The Morgan fingerprint density at radius 3 is 2.62 bits per heavy atom. The van der Waals surface area contributed by atoms with Crippen molar-refractivity contribution in [1.29, 1.82) is 0 Å². The van der Waals surface area contributed by atoms with Gasteiger partial charge in [0.2, 0.25) is 0 Å². The number of amides is 4. The van der Waals surface area contributed by atoms with Gasteiger partial charge in [0.05, 0.1) is 17.8 Å². The molecule has 15 heteroatoms. The lowest BCUT2D eigenvalue weighted by atomic mass is 9.98. The van der Waals surface area contributed by atoms with Crippen LogP contribution in [0.3, 0.4) is 0 Å². The minimum Gasteiger partial charge on any atom is -0.335 e. The van der Waals surface area contributed by atoms with Gasteiger partial charge in [-0.2, -0.15) is 13.2 Å². The van der Waals surface area contributed by atoms with E-state index >= 15 is 0 Å². The Labute approximate surface area is 226 Å². The predicted octanol–water partition coefficient (Wildman–Crippen LogP) is 4.50. The number of aryl methyl sites for hydroxylation is 1. The van der Waals surface area contributed by atoms with Gasteiger partial charge >= 0.3 is 18.2 Å². The van der Waals surface area contributed by atoms with Crippen molar-refractivity contribution in [2.24, 2.45) is 0 Å². The van der Waals surface area contributed by atoms with Crippen LogP contribution < -0.4 is 21.4 Å². The molecule has 1 unspecified atom stereocenters. The topological polar surface area (TPSA) is 118 Å². The third-order valence-electron chi connectivity index (χ3n) is 6.44. The molecular formula is C25H25F4N9O2. The summed E-state index contributed by atoms with van der Waals surface area (Å²) >= 11 is 0. The Kier molecular flexibility index (Phi) is 7.16. The maximum absolute atomic E-state index is 14.3. The molecule has 40 heavy (non-hydrogen) atoms. The molecule has 4 amide bonds. The number of nitrogens with zero attached hydrogens (tertiary/aromatic N) is 5. The zero-order valence-electron chi connectivity index (χ0n) is 21.4. The van der Waals surface area contributed by atoms with Crippen LogP contribution in [0, 0.1) is 12.7 Å². The number of aromatic nitrogens is 2. The van der Waals surface area contributed by atoms with Crippen LogP contribution in [-0.2, 0) is 6.18 Å². The Hall–Kier alpha value is -4.50. The summed E-state index contributed by atoms with van der Waals surface area (Å²) in [6, 6.07) is 5.09. The Morgan fingerprint density at radius 1 is 1.15 bits per heavy atom. The third kappa shape index (κ3) is 5.20. The largest absolute Gasteiger partial charge is 0.416 e. The van der Waals surface area contributed by atoms with Crippen LogP contribution in [-0.4, -0.2) is 56.9 Å². The average molecular weight is 560 g/mol. The fourth-order valence-corrected chi connectivity index (χ4v) is 4.65. The molecule has 1 saturated heterocycles. The molecule has 5 rings (SSSR count). The third-order valence-corrected chi connectivity index (χ3v) is 6.44. The molecule has 0 radical (unpaired) electrons. The molecule has 0 aliphatic carbocycles. The van der Waals surface area contributed by atoms with Gasteiger partial charge < -0.3 is 16.0 Å². The first kappa shape index (κ1) is 27.1. The van der Waals surface area contributed by atoms with Gasteiger partial charge in [-0.3, -0.25) is 5.43 Å². The lowest BCUT2D eigenvalue weighted by molar-refractivity contribution is -0.143. The first-order valence-electron chi connectivity index (χ1n) is 12.3. The van der Waals surface area contributed by atoms with Gasteiger partial charge in [0, 0.05) is 36.1 Å². The van der Waals surface area contributed by atoms with Crippen LogP contribution in [0.4, 0.5) is 44.3 Å². The molecule has 1 atom stereocenters. The molecule has 210 valence electrons. The number of hydrogen-bond donors (Lipinski definition) is 4. The molecule has 0 bridgehead atoms. The maximum Gasteiger partial charge on any atom is 0.416 e. The maximum atomic E-state index is 14.3. The molecule has 2 aliphatic heterocycles. The summed E-state index contributed by atoms with van der Waals surface area (Å²) in [6.07, 6.45) is -1.73. The van der Waals surface area contributed by atoms with E-state index in [0.717, 1.165) is 5.56 Å². The van der Waals surface area contributed by atoms with Crippen molar-refractivity contribution in [3.8, 4) is 0 Å². The van der Waals surface area contributed by atoms with E-state index in [1.54, 1.807) is 28.6 Å². The highest BCUT2D eigenvalue weighted by Gasteiger charge is 2.41. The number of carbonyl (C=O) groups excluding carboxylic acids is 2. The number of benzene rings is 2. The first-order valence-corrected chi connectivity index (χ1v) is 12.3. The van der Waals surface area contributed by atoms with Crippen LogP contribution in [0.15, 0.2) is 48.9 Å². The summed E-state index contributed by atoms with van der Waals surface area (Å²) in [4.78, 5) is 33.9. The molecule has 2 aromatic carbocycles. The van der Waals surface area contributed by atoms with Crippen LogP contribution in [0.2, 0.25) is 0 Å². The monoisotopic (exact) mass is 559 g/mol. The van der Waals surface area contributed by atoms with Gasteiger partial charge in [-0.15, -0.1) is 10.2 Å². The number of carbonyl (C=O) groups is 2. The first-order chi connectivity index (χ1) is 19.1. The minimum absolute atomic E-state index is 0.283. The second-order valence-corrected chi connectivity index (χ2v) is 9.09. The highest BCUT2D eigenvalue weighted by Crippen LogP contribution is 2.42. The van der Waals surface area contributed by atoms with Crippen LogP contribution in [0.5, 0.6) is 0 Å². The van der Waals surface area contributed by atoms with E-state index in [4.69, 9.17) is 0 Å². The molecule has 11 nitrogen and oxygen atoms in total. The number of anilines is 3. The Balaban J connectivity index is 1.49. The van der Waals surface area contributed by atoms with Crippen LogP contribution in [0.25, 0.3) is 0 Å². The number of hydrogen-bond acceptors (Lipinski definition) is 7. The highest BCUT2D eigenvalue weighted by molar-refractivity contribution is 6.00. The van der Waals surface area contributed by atoms with Crippen LogP contribution >= 0.6 is 0 Å². The molecule has 3 heterocycles. The molecule has 0 spiro atoms. The summed E-state index contributed by atoms with van der Waals surface area (Å²) in [5, 5.41) is 12.5. The summed E-state index contributed by atoms with van der Waals surface area (Å²) in [6.45, 7) is 4.99. The average Bonchev–Trinajstić information content (AvgIpc) is 3.50. The number of nitrogens with one attached hydrogen (secondary N) is 4. The fourth-order valence-electron chi connectivity index (χ4n) is 4.65. The number of rotatable bonds is 6. The van der Waals surface area contributed by atoms with Crippen molar-refractivity contribution in [3.05, 3.63) is 77.0 Å². The number of urea groups is 2. The Morgan fingerprint density at radius 2 is 1.93 bits per heavy atom. The number of hydrazine groups is 3. The van der Waals surface area contributed by atoms with Gasteiger partial charge in [0.15, 0.2) is 0 Å². The van der Waals surface area contributed by atoms with Gasteiger partial charge in [0.25, 0.3) is 0 Å². The molecule has 0 saturated carbocycles. The minimum atomic E-state index is -4.71. The Bertz CT molecular complexity index is 1450. The SMILES string of the molecule is CCN(N1CCNC1=O)N1Nc2ncncc2C1c1cc(C)ccc1NC(=O)Nc1cc(C(F)(F)F)ccc1F.